The van der Waals surface area contributed by atoms with Crippen molar-refractivity contribution in [2.75, 3.05) is 11.9 Å². The molecule has 2 rings (SSSR count). The summed E-state index contributed by atoms with van der Waals surface area (Å²) in [7, 11) is 0. The van der Waals surface area contributed by atoms with Crippen molar-refractivity contribution < 1.29 is 4.39 Å². The van der Waals surface area contributed by atoms with Crippen molar-refractivity contribution in [2.45, 2.75) is 38.3 Å². The van der Waals surface area contributed by atoms with E-state index in [0.717, 1.165) is 24.0 Å². The van der Waals surface area contributed by atoms with E-state index in [-0.39, 0.29) is 5.82 Å². The Bertz CT molecular complexity index is 357. The quantitative estimate of drug-likeness (QED) is 0.793. The number of pyridine rings is 1. The smallest absolute Gasteiger partial charge is 0.141 e. The molecule has 0 radical (unpaired) electrons. The molecule has 0 N–H and O–H groups in total. The van der Waals surface area contributed by atoms with Crippen LogP contribution in [0, 0.1) is 5.82 Å². The first-order valence-corrected chi connectivity index (χ1v) is 7.31. The van der Waals surface area contributed by atoms with Gasteiger partial charge in [-0.2, -0.15) is 0 Å². The summed E-state index contributed by atoms with van der Waals surface area (Å²) in [5.74, 6) is -0.239. The third-order valence-corrected chi connectivity index (χ3v) is 3.80. The average Bonchev–Trinajstić information content (AvgIpc) is 2.32. The Kier molecular flexibility index (Phi) is 4.92. The van der Waals surface area contributed by atoms with E-state index in [2.05, 4.69) is 25.8 Å². The molecule has 2 nitrogen and oxygen atoms in total. The Morgan fingerprint density at radius 3 is 3.06 bits per heavy atom. The number of aromatic nitrogens is 1. The van der Waals surface area contributed by atoms with Crippen LogP contribution < -0.4 is 0 Å². The second-order valence-electron chi connectivity index (χ2n) is 4.61. The van der Waals surface area contributed by atoms with Crippen LogP contribution in [0.4, 0.5) is 4.39 Å². The van der Waals surface area contributed by atoms with E-state index in [9.17, 15) is 4.39 Å². The molecule has 0 aromatic carbocycles. The highest BCUT2D eigenvalue weighted by atomic mass is 79.9. The Morgan fingerprint density at radius 2 is 2.29 bits per heavy atom. The maximum atomic E-state index is 13.1. The van der Waals surface area contributed by atoms with Gasteiger partial charge in [0.25, 0.3) is 0 Å². The van der Waals surface area contributed by atoms with Gasteiger partial charge in [-0.1, -0.05) is 22.4 Å². The molecule has 1 saturated heterocycles. The third kappa shape index (κ3) is 3.75. The Morgan fingerprint density at radius 1 is 1.41 bits per heavy atom. The summed E-state index contributed by atoms with van der Waals surface area (Å²) in [6.45, 7) is 1.94. The van der Waals surface area contributed by atoms with Crippen LogP contribution >= 0.6 is 15.9 Å². The molecule has 1 aliphatic rings. The Labute approximate surface area is 110 Å². The lowest BCUT2D eigenvalue weighted by molar-refractivity contribution is 0.137. The van der Waals surface area contributed by atoms with Gasteiger partial charge in [0, 0.05) is 24.1 Å². The van der Waals surface area contributed by atoms with E-state index in [0.29, 0.717) is 6.04 Å². The third-order valence-electron chi connectivity index (χ3n) is 3.34. The van der Waals surface area contributed by atoms with Gasteiger partial charge in [-0.05, 0) is 37.4 Å². The molecule has 1 aliphatic heterocycles. The highest BCUT2D eigenvalue weighted by Crippen LogP contribution is 2.22. The van der Waals surface area contributed by atoms with Gasteiger partial charge in [-0.3, -0.25) is 9.88 Å². The maximum Gasteiger partial charge on any atom is 0.141 e. The number of alkyl halides is 1. The van der Waals surface area contributed by atoms with Crippen LogP contribution in [0.5, 0.6) is 0 Å². The van der Waals surface area contributed by atoms with Crippen LogP contribution in [0.25, 0.3) is 0 Å². The lowest BCUT2D eigenvalue weighted by atomic mass is 9.99. The SMILES string of the molecule is Fc1cncc(CN2CCCCC2CCBr)c1. The van der Waals surface area contributed by atoms with Crippen molar-refractivity contribution in [3.8, 4) is 0 Å². The Balaban J connectivity index is 2.00. The van der Waals surface area contributed by atoms with Crippen molar-refractivity contribution >= 4 is 15.9 Å². The Hall–Kier alpha value is -0.480. The molecule has 4 heteroatoms. The zero-order chi connectivity index (χ0) is 12.1. The minimum Gasteiger partial charge on any atom is -0.296 e. The molecule has 0 amide bonds. The normalized spacial score (nSPS) is 21.6. The van der Waals surface area contributed by atoms with Crippen molar-refractivity contribution in [2.24, 2.45) is 0 Å². The predicted molar refractivity (Wildman–Crippen MR) is 70.7 cm³/mol. The lowest BCUT2D eigenvalue weighted by Gasteiger charge is -2.35. The first-order chi connectivity index (χ1) is 8.29. The molecule has 0 spiro atoms. The van der Waals surface area contributed by atoms with Crippen molar-refractivity contribution in [1.29, 1.82) is 0 Å². The highest BCUT2D eigenvalue weighted by molar-refractivity contribution is 9.09. The molecule has 1 atom stereocenters. The molecule has 94 valence electrons. The largest absolute Gasteiger partial charge is 0.296 e. The van der Waals surface area contributed by atoms with E-state index in [4.69, 9.17) is 0 Å². The molecule has 0 bridgehead atoms. The van der Waals surface area contributed by atoms with Gasteiger partial charge in [0.1, 0.15) is 5.82 Å². The first kappa shape index (κ1) is 13.0. The summed E-state index contributed by atoms with van der Waals surface area (Å²) in [6, 6.07) is 2.22. The van der Waals surface area contributed by atoms with Crippen LogP contribution in [0.1, 0.15) is 31.2 Å². The average molecular weight is 301 g/mol. The maximum absolute atomic E-state index is 13.1. The second-order valence-corrected chi connectivity index (χ2v) is 5.40. The summed E-state index contributed by atoms with van der Waals surface area (Å²) in [5, 5.41) is 1.04. The number of nitrogens with zero attached hydrogens (tertiary/aromatic N) is 2. The summed E-state index contributed by atoms with van der Waals surface area (Å²) < 4.78 is 13.1. The minimum atomic E-state index is -0.239. The van der Waals surface area contributed by atoms with Crippen molar-refractivity contribution in [3.05, 3.63) is 29.8 Å². The van der Waals surface area contributed by atoms with Gasteiger partial charge < -0.3 is 0 Å². The molecule has 0 aliphatic carbocycles. The number of rotatable bonds is 4. The van der Waals surface area contributed by atoms with Crippen LogP contribution in [-0.4, -0.2) is 27.8 Å². The minimum absolute atomic E-state index is 0.239. The predicted octanol–water partition coefficient (Wildman–Crippen LogP) is 3.36. The van der Waals surface area contributed by atoms with E-state index in [1.165, 1.54) is 31.9 Å². The highest BCUT2D eigenvalue weighted by Gasteiger charge is 2.21. The van der Waals surface area contributed by atoms with E-state index < -0.39 is 0 Å². The van der Waals surface area contributed by atoms with Crippen molar-refractivity contribution in [1.82, 2.24) is 9.88 Å². The van der Waals surface area contributed by atoms with Gasteiger partial charge >= 0.3 is 0 Å². The fourth-order valence-electron chi connectivity index (χ4n) is 2.50. The van der Waals surface area contributed by atoms with Gasteiger partial charge in [-0.15, -0.1) is 0 Å². The molecule has 1 unspecified atom stereocenters. The molecule has 1 aromatic rings. The number of hydrogen-bond acceptors (Lipinski definition) is 2. The summed E-state index contributed by atoms with van der Waals surface area (Å²) in [6.07, 6.45) is 8.02. The molecular weight excluding hydrogens is 283 g/mol. The molecule has 1 fully saturated rings. The van der Waals surface area contributed by atoms with Gasteiger partial charge in [0.05, 0.1) is 6.20 Å². The fourth-order valence-corrected chi connectivity index (χ4v) is 3.03. The topological polar surface area (TPSA) is 16.1 Å². The van der Waals surface area contributed by atoms with Crippen LogP contribution in [0.15, 0.2) is 18.5 Å². The molecule has 2 heterocycles. The summed E-state index contributed by atoms with van der Waals surface area (Å²) >= 11 is 3.51. The van der Waals surface area contributed by atoms with Gasteiger partial charge in [0.15, 0.2) is 0 Å². The van der Waals surface area contributed by atoms with Gasteiger partial charge in [-0.25, -0.2) is 4.39 Å². The van der Waals surface area contributed by atoms with Crippen molar-refractivity contribution in [3.63, 3.8) is 0 Å². The zero-order valence-corrected chi connectivity index (χ0v) is 11.5. The monoisotopic (exact) mass is 300 g/mol. The summed E-state index contributed by atoms with van der Waals surface area (Å²) in [5.41, 5.74) is 0.978. The fraction of sp³-hybridized carbons (Fsp3) is 0.615. The molecule has 17 heavy (non-hydrogen) atoms. The number of hydrogen-bond donors (Lipinski definition) is 0. The van der Waals surface area contributed by atoms with Crippen LogP contribution in [-0.2, 0) is 6.54 Å². The second kappa shape index (κ2) is 6.45. The zero-order valence-electron chi connectivity index (χ0n) is 9.91. The summed E-state index contributed by atoms with van der Waals surface area (Å²) in [4.78, 5) is 6.37. The lowest BCUT2D eigenvalue weighted by Crippen LogP contribution is -2.39. The number of halogens is 2. The van der Waals surface area contributed by atoms with E-state index >= 15 is 0 Å². The van der Waals surface area contributed by atoms with Gasteiger partial charge in [0.2, 0.25) is 0 Å². The first-order valence-electron chi connectivity index (χ1n) is 6.19. The van der Waals surface area contributed by atoms with Crippen LogP contribution in [0.3, 0.4) is 0 Å². The number of likely N-dealkylation sites (tertiary alicyclic amines) is 1. The standard InChI is InChI=1S/C13H18BrFN2/c14-5-4-13-3-1-2-6-17(13)10-11-7-12(15)9-16-8-11/h7-9,13H,1-6,10H2. The van der Waals surface area contributed by atoms with E-state index in [1.54, 1.807) is 12.3 Å². The molecule has 0 saturated carbocycles. The molecular formula is C13H18BrFN2. The molecule has 1 aromatic heterocycles. The van der Waals surface area contributed by atoms with E-state index in [1.807, 2.05) is 0 Å². The number of piperidine rings is 1. The van der Waals surface area contributed by atoms with Crippen LogP contribution in [0.2, 0.25) is 0 Å².